The fraction of sp³-hybridized carbons (Fsp3) is 0.500. The maximum Gasteiger partial charge on any atom is 0.220 e. The van der Waals surface area contributed by atoms with Crippen LogP contribution in [0.1, 0.15) is 38.7 Å². The van der Waals surface area contributed by atoms with E-state index >= 15 is 0 Å². The lowest BCUT2D eigenvalue weighted by Gasteiger charge is -2.10. The Labute approximate surface area is 116 Å². The number of rotatable bonds is 6. The molecule has 1 N–H and O–H groups in total. The van der Waals surface area contributed by atoms with Gasteiger partial charge in [0.2, 0.25) is 5.91 Å². The molecular weight excluding hydrogens is 297 g/mol. The predicted molar refractivity (Wildman–Crippen MR) is 74.6 cm³/mol. The number of carbonyl (C=O) groups excluding carboxylic acids is 1. The van der Waals surface area contributed by atoms with Crippen molar-refractivity contribution in [2.45, 2.75) is 39.7 Å². The molecule has 0 spiro atoms. The van der Waals surface area contributed by atoms with Crippen molar-refractivity contribution in [1.29, 1.82) is 0 Å². The topological polar surface area (TPSA) is 29.1 Å². The second-order valence-corrected chi connectivity index (χ2v) is 5.57. The predicted octanol–water partition coefficient (Wildman–Crippen LogP) is 4.03. The second-order valence-electron chi connectivity index (χ2n) is 4.65. The van der Waals surface area contributed by atoms with Gasteiger partial charge in [-0.3, -0.25) is 4.79 Å². The van der Waals surface area contributed by atoms with Crippen molar-refractivity contribution in [1.82, 2.24) is 5.32 Å². The monoisotopic (exact) mass is 315 g/mol. The summed E-state index contributed by atoms with van der Waals surface area (Å²) >= 11 is 3.23. The van der Waals surface area contributed by atoms with Crippen molar-refractivity contribution in [2.24, 2.45) is 5.92 Å². The molecule has 1 aromatic carbocycles. The third-order valence-electron chi connectivity index (χ3n) is 2.73. The van der Waals surface area contributed by atoms with E-state index in [0.717, 1.165) is 18.4 Å². The summed E-state index contributed by atoms with van der Waals surface area (Å²) in [6.45, 7) is 4.55. The van der Waals surface area contributed by atoms with Crippen molar-refractivity contribution in [3.05, 3.63) is 34.1 Å². The summed E-state index contributed by atoms with van der Waals surface area (Å²) in [6, 6.07) is 4.63. The molecule has 0 aliphatic rings. The Morgan fingerprint density at radius 1 is 1.44 bits per heavy atom. The van der Waals surface area contributed by atoms with Gasteiger partial charge in [0, 0.05) is 17.4 Å². The van der Waals surface area contributed by atoms with E-state index in [2.05, 4.69) is 35.1 Å². The SMILES string of the molecule is CCCC(C)CC(=O)NCc1cc(F)cc(Br)c1. The number of halogens is 2. The molecule has 100 valence electrons. The molecule has 0 saturated heterocycles. The molecule has 0 radical (unpaired) electrons. The standard InChI is InChI=1S/C14H19BrFNO/c1-3-4-10(2)5-14(18)17-9-11-6-12(15)8-13(16)7-11/h6-8,10H,3-5,9H2,1-2H3,(H,17,18). The number of hydrogen-bond donors (Lipinski definition) is 1. The zero-order valence-electron chi connectivity index (χ0n) is 10.8. The first-order valence-corrected chi connectivity index (χ1v) is 7.02. The lowest BCUT2D eigenvalue weighted by atomic mass is 10.0. The van der Waals surface area contributed by atoms with E-state index in [9.17, 15) is 9.18 Å². The third-order valence-corrected chi connectivity index (χ3v) is 3.19. The molecule has 18 heavy (non-hydrogen) atoms. The van der Waals surface area contributed by atoms with Crippen LogP contribution in [0.15, 0.2) is 22.7 Å². The Bertz CT molecular complexity index is 389. The lowest BCUT2D eigenvalue weighted by Crippen LogP contribution is -2.24. The third kappa shape index (κ3) is 5.63. The number of carbonyl (C=O) groups is 1. The number of amides is 1. The highest BCUT2D eigenvalue weighted by Gasteiger charge is 2.08. The second kappa shape index (κ2) is 7.52. The van der Waals surface area contributed by atoms with Gasteiger partial charge < -0.3 is 5.32 Å². The van der Waals surface area contributed by atoms with Gasteiger partial charge >= 0.3 is 0 Å². The van der Waals surface area contributed by atoms with Crippen LogP contribution in [0.2, 0.25) is 0 Å². The first-order chi connectivity index (χ1) is 8.51. The highest BCUT2D eigenvalue weighted by atomic mass is 79.9. The summed E-state index contributed by atoms with van der Waals surface area (Å²) in [5.41, 5.74) is 0.762. The van der Waals surface area contributed by atoms with Gasteiger partial charge in [-0.05, 0) is 29.7 Å². The fourth-order valence-corrected chi connectivity index (χ4v) is 2.41. The van der Waals surface area contributed by atoms with E-state index in [0.29, 0.717) is 23.4 Å². The Hall–Kier alpha value is -0.900. The first-order valence-electron chi connectivity index (χ1n) is 6.23. The molecule has 2 nitrogen and oxygen atoms in total. The van der Waals surface area contributed by atoms with Crippen LogP contribution in [0, 0.1) is 11.7 Å². The van der Waals surface area contributed by atoms with Gasteiger partial charge in [-0.15, -0.1) is 0 Å². The molecule has 1 atom stereocenters. The maximum atomic E-state index is 13.1. The maximum absolute atomic E-state index is 13.1. The van der Waals surface area contributed by atoms with Gasteiger partial charge in [0.05, 0.1) is 0 Å². The van der Waals surface area contributed by atoms with Crippen molar-refractivity contribution >= 4 is 21.8 Å². The summed E-state index contributed by atoms with van der Waals surface area (Å²) in [5, 5.41) is 2.82. The van der Waals surface area contributed by atoms with E-state index in [-0.39, 0.29) is 11.7 Å². The van der Waals surface area contributed by atoms with Crippen LogP contribution in [0.3, 0.4) is 0 Å². The van der Waals surface area contributed by atoms with Crippen molar-refractivity contribution in [3.63, 3.8) is 0 Å². The smallest absolute Gasteiger partial charge is 0.220 e. The van der Waals surface area contributed by atoms with Crippen LogP contribution < -0.4 is 5.32 Å². The Morgan fingerprint density at radius 2 is 2.17 bits per heavy atom. The zero-order chi connectivity index (χ0) is 13.5. The van der Waals surface area contributed by atoms with Crippen molar-refractivity contribution < 1.29 is 9.18 Å². The van der Waals surface area contributed by atoms with Crippen LogP contribution in [-0.2, 0) is 11.3 Å². The normalized spacial score (nSPS) is 12.2. The van der Waals surface area contributed by atoms with Crippen LogP contribution in [0.5, 0.6) is 0 Å². The molecule has 1 amide bonds. The van der Waals surface area contributed by atoms with E-state index in [1.54, 1.807) is 6.07 Å². The van der Waals surface area contributed by atoms with Gasteiger partial charge in [-0.1, -0.05) is 42.6 Å². The van der Waals surface area contributed by atoms with Crippen LogP contribution in [-0.4, -0.2) is 5.91 Å². The van der Waals surface area contributed by atoms with Gasteiger partial charge in [-0.2, -0.15) is 0 Å². The molecule has 0 heterocycles. The molecule has 4 heteroatoms. The lowest BCUT2D eigenvalue weighted by molar-refractivity contribution is -0.122. The molecule has 0 aliphatic carbocycles. The summed E-state index contributed by atoms with van der Waals surface area (Å²) in [5.74, 6) is 0.124. The molecule has 0 aromatic heterocycles. The molecule has 0 bridgehead atoms. The summed E-state index contributed by atoms with van der Waals surface area (Å²) in [6.07, 6.45) is 2.68. The van der Waals surface area contributed by atoms with Gasteiger partial charge in [0.25, 0.3) is 0 Å². The van der Waals surface area contributed by atoms with Gasteiger partial charge in [0.15, 0.2) is 0 Å². The summed E-state index contributed by atoms with van der Waals surface area (Å²) in [7, 11) is 0. The quantitative estimate of drug-likeness (QED) is 0.843. The van der Waals surface area contributed by atoms with Gasteiger partial charge in [-0.25, -0.2) is 4.39 Å². The number of benzene rings is 1. The minimum atomic E-state index is -0.298. The molecule has 1 unspecified atom stereocenters. The van der Waals surface area contributed by atoms with E-state index in [1.165, 1.54) is 12.1 Å². The highest BCUT2D eigenvalue weighted by Crippen LogP contribution is 2.15. The van der Waals surface area contributed by atoms with Gasteiger partial charge in [0.1, 0.15) is 5.82 Å². The molecule has 0 saturated carbocycles. The van der Waals surface area contributed by atoms with Crippen LogP contribution in [0.25, 0.3) is 0 Å². The largest absolute Gasteiger partial charge is 0.352 e. The zero-order valence-corrected chi connectivity index (χ0v) is 12.4. The summed E-state index contributed by atoms with van der Waals surface area (Å²) < 4.78 is 13.8. The summed E-state index contributed by atoms with van der Waals surface area (Å²) in [4.78, 5) is 11.7. The average Bonchev–Trinajstić information content (AvgIpc) is 2.25. The average molecular weight is 316 g/mol. The van der Waals surface area contributed by atoms with E-state index in [4.69, 9.17) is 0 Å². The molecule has 1 aromatic rings. The number of nitrogens with one attached hydrogen (secondary N) is 1. The first kappa shape index (κ1) is 15.2. The van der Waals surface area contributed by atoms with E-state index < -0.39 is 0 Å². The Morgan fingerprint density at radius 3 is 2.78 bits per heavy atom. The van der Waals surface area contributed by atoms with Crippen LogP contribution in [0.4, 0.5) is 4.39 Å². The minimum Gasteiger partial charge on any atom is -0.352 e. The molecule has 1 rings (SSSR count). The molecular formula is C14H19BrFNO. The van der Waals surface area contributed by atoms with E-state index in [1.807, 2.05) is 0 Å². The molecule has 0 aliphatic heterocycles. The Balaban J connectivity index is 2.42. The van der Waals surface area contributed by atoms with Crippen LogP contribution >= 0.6 is 15.9 Å². The van der Waals surface area contributed by atoms with Crippen molar-refractivity contribution in [2.75, 3.05) is 0 Å². The number of hydrogen-bond acceptors (Lipinski definition) is 1. The highest BCUT2D eigenvalue weighted by molar-refractivity contribution is 9.10. The Kier molecular flexibility index (Phi) is 6.33. The molecule has 0 fully saturated rings. The minimum absolute atomic E-state index is 0.0244. The fourth-order valence-electron chi connectivity index (χ4n) is 1.90. The van der Waals surface area contributed by atoms with Crippen molar-refractivity contribution in [3.8, 4) is 0 Å².